The number of urea groups is 1. The molecule has 1 unspecified atom stereocenters. The average molecular weight is 331 g/mol. The van der Waals surface area contributed by atoms with Crippen molar-refractivity contribution in [2.45, 2.75) is 64.8 Å². The second kappa shape index (κ2) is 9.30. The highest BCUT2D eigenvalue weighted by Crippen LogP contribution is 2.24. The predicted molar refractivity (Wildman–Crippen MR) is 98.4 cm³/mol. The van der Waals surface area contributed by atoms with E-state index in [1.807, 2.05) is 31.2 Å². The van der Waals surface area contributed by atoms with Crippen LogP contribution in [-0.4, -0.2) is 24.5 Å². The number of hydrogen-bond acceptors (Lipinski definition) is 2. The zero-order valence-corrected chi connectivity index (χ0v) is 14.8. The zero-order valence-electron chi connectivity index (χ0n) is 14.8. The van der Waals surface area contributed by atoms with Gasteiger partial charge in [-0.2, -0.15) is 0 Å². The van der Waals surface area contributed by atoms with Crippen molar-refractivity contribution in [2.75, 3.05) is 16.8 Å². The number of amides is 3. The molecule has 1 saturated heterocycles. The number of rotatable bonds is 8. The van der Waals surface area contributed by atoms with Crippen LogP contribution in [0.3, 0.4) is 0 Å². The van der Waals surface area contributed by atoms with Gasteiger partial charge in [-0.25, -0.2) is 4.79 Å². The monoisotopic (exact) mass is 331 g/mol. The predicted octanol–water partition coefficient (Wildman–Crippen LogP) is 4.29. The van der Waals surface area contributed by atoms with Crippen molar-refractivity contribution in [3.63, 3.8) is 0 Å². The molecule has 3 amide bonds. The van der Waals surface area contributed by atoms with Crippen molar-refractivity contribution in [3.05, 3.63) is 24.3 Å². The van der Waals surface area contributed by atoms with Gasteiger partial charge >= 0.3 is 6.03 Å². The van der Waals surface area contributed by atoms with E-state index in [2.05, 4.69) is 17.6 Å². The Hall–Kier alpha value is -2.04. The Morgan fingerprint density at radius 1 is 1.29 bits per heavy atom. The summed E-state index contributed by atoms with van der Waals surface area (Å²) in [5, 5.41) is 5.84. The molecule has 1 aliphatic rings. The highest BCUT2D eigenvalue weighted by Gasteiger charge is 2.21. The molecular weight excluding hydrogens is 302 g/mol. The van der Waals surface area contributed by atoms with E-state index in [-0.39, 0.29) is 18.0 Å². The molecular formula is C19H29N3O2. The van der Waals surface area contributed by atoms with E-state index in [0.29, 0.717) is 12.1 Å². The number of unbranched alkanes of at least 4 members (excludes halogenated alkanes) is 3. The summed E-state index contributed by atoms with van der Waals surface area (Å²) in [7, 11) is 0. The van der Waals surface area contributed by atoms with Gasteiger partial charge in [-0.15, -0.1) is 0 Å². The smallest absolute Gasteiger partial charge is 0.319 e. The van der Waals surface area contributed by atoms with Crippen molar-refractivity contribution in [2.24, 2.45) is 0 Å². The van der Waals surface area contributed by atoms with Gasteiger partial charge in [0.05, 0.1) is 0 Å². The lowest BCUT2D eigenvalue weighted by Gasteiger charge is -2.18. The molecule has 2 N–H and O–H groups in total. The van der Waals surface area contributed by atoms with Gasteiger partial charge in [0.15, 0.2) is 0 Å². The third kappa shape index (κ3) is 5.55. The van der Waals surface area contributed by atoms with Gasteiger partial charge in [0, 0.05) is 30.4 Å². The lowest BCUT2D eigenvalue weighted by Crippen LogP contribution is -2.36. The molecule has 0 saturated carbocycles. The van der Waals surface area contributed by atoms with Crippen LogP contribution < -0.4 is 15.5 Å². The second-order valence-electron chi connectivity index (χ2n) is 6.55. The van der Waals surface area contributed by atoms with Crippen molar-refractivity contribution >= 4 is 23.3 Å². The van der Waals surface area contributed by atoms with Gasteiger partial charge in [-0.05, 0) is 38.0 Å². The summed E-state index contributed by atoms with van der Waals surface area (Å²) in [6.07, 6.45) is 7.33. The van der Waals surface area contributed by atoms with Crippen LogP contribution in [0.15, 0.2) is 24.3 Å². The van der Waals surface area contributed by atoms with Crippen LogP contribution in [0.2, 0.25) is 0 Å². The van der Waals surface area contributed by atoms with Crippen LogP contribution in [0, 0.1) is 0 Å². The largest absolute Gasteiger partial charge is 0.335 e. The molecule has 1 atom stereocenters. The van der Waals surface area contributed by atoms with Gasteiger partial charge in [-0.3, -0.25) is 4.79 Å². The maximum atomic E-state index is 12.1. The van der Waals surface area contributed by atoms with Crippen LogP contribution in [0.4, 0.5) is 16.2 Å². The van der Waals surface area contributed by atoms with Crippen LogP contribution in [-0.2, 0) is 4.79 Å². The molecule has 5 nitrogen and oxygen atoms in total. The summed E-state index contributed by atoms with van der Waals surface area (Å²) in [4.78, 5) is 25.7. The van der Waals surface area contributed by atoms with Crippen molar-refractivity contribution < 1.29 is 9.59 Å². The average Bonchev–Trinajstić information content (AvgIpc) is 2.98. The highest BCUT2D eigenvalue weighted by atomic mass is 16.2. The van der Waals surface area contributed by atoms with Crippen molar-refractivity contribution in [3.8, 4) is 0 Å². The summed E-state index contributed by atoms with van der Waals surface area (Å²) >= 11 is 0. The zero-order chi connectivity index (χ0) is 17.4. The van der Waals surface area contributed by atoms with Gasteiger partial charge in [0.25, 0.3) is 0 Å². The molecule has 0 bridgehead atoms. The van der Waals surface area contributed by atoms with E-state index in [1.54, 1.807) is 4.90 Å². The highest BCUT2D eigenvalue weighted by molar-refractivity contribution is 5.96. The molecule has 0 radical (unpaired) electrons. The number of carbonyl (C=O) groups is 2. The third-order valence-electron chi connectivity index (χ3n) is 4.36. The van der Waals surface area contributed by atoms with Crippen LogP contribution in [0.5, 0.6) is 0 Å². The quantitative estimate of drug-likeness (QED) is 0.698. The van der Waals surface area contributed by atoms with Gasteiger partial charge in [0.2, 0.25) is 5.91 Å². The molecule has 1 aliphatic heterocycles. The Morgan fingerprint density at radius 3 is 2.83 bits per heavy atom. The topological polar surface area (TPSA) is 61.4 Å². The number of anilines is 2. The molecule has 5 heteroatoms. The van der Waals surface area contributed by atoms with E-state index in [0.717, 1.165) is 31.5 Å². The Morgan fingerprint density at radius 2 is 2.12 bits per heavy atom. The van der Waals surface area contributed by atoms with Gasteiger partial charge in [-0.1, -0.05) is 38.7 Å². The van der Waals surface area contributed by atoms with Crippen LogP contribution in [0.1, 0.15) is 58.8 Å². The summed E-state index contributed by atoms with van der Waals surface area (Å²) < 4.78 is 0. The lowest BCUT2D eigenvalue weighted by atomic mass is 10.1. The van der Waals surface area contributed by atoms with E-state index in [9.17, 15) is 9.59 Å². The Bertz CT molecular complexity index is 559. The lowest BCUT2D eigenvalue weighted by molar-refractivity contribution is -0.117. The normalized spacial score (nSPS) is 15.4. The van der Waals surface area contributed by atoms with E-state index >= 15 is 0 Å². The Balaban J connectivity index is 1.82. The minimum absolute atomic E-state index is 0.150. The molecule has 0 aromatic heterocycles. The fourth-order valence-electron chi connectivity index (χ4n) is 3.01. The summed E-state index contributed by atoms with van der Waals surface area (Å²) in [6, 6.07) is 7.44. The summed E-state index contributed by atoms with van der Waals surface area (Å²) in [6.45, 7) is 4.98. The van der Waals surface area contributed by atoms with Gasteiger partial charge in [0.1, 0.15) is 0 Å². The van der Waals surface area contributed by atoms with Crippen molar-refractivity contribution in [1.82, 2.24) is 5.32 Å². The number of nitrogens with one attached hydrogen (secondary N) is 2. The molecule has 2 rings (SSSR count). The Kier molecular flexibility index (Phi) is 7.09. The number of benzene rings is 1. The second-order valence-corrected chi connectivity index (χ2v) is 6.55. The number of carbonyl (C=O) groups excluding carboxylic acids is 2. The maximum Gasteiger partial charge on any atom is 0.319 e. The molecule has 132 valence electrons. The molecule has 24 heavy (non-hydrogen) atoms. The summed E-state index contributed by atoms with van der Waals surface area (Å²) in [5.74, 6) is 0.150. The molecule has 0 aliphatic carbocycles. The first-order valence-corrected chi connectivity index (χ1v) is 9.08. The molecule has 1 aromatic rings. The first kappa shape index (κ1) is 18.3. The Labute approximate surface area is 144 Å². The third-order valence-corrected chi connectivity index (χ3v) is 4.36. The van der Waals surface area contributed by atoms with E-state index < -0.39 is 0 Å². The number of hydrogen-bond donors (Lipinski definition) is 2. The van der Waals surface area contributed by atoms with E-state index in [4.69, 9.17) is 0 Å². The first-order valence-electron chi connectivity index (χ1n) is 9.08. The van der Waals surface area contributed by atoms with E-state index in [1.165, 1.54) is 19.3 Å². The molecule has 0 spiro atoms. The minimum Gasteiger partial charge on any atom is -0.335 e. The number of nitrogens with zero attached hydrogens (tertiary/aromatic N) is 1. The summed E-state index contributed by atoms with van der Waals surface area (Å²) in [5.41, 5.74) is 1.56. The molecule has 1 heterocycles. The fraction of sp³-hybridized carbons (Fsp3) is 0.579. The van der Waals surface area contributed by atoms with Crippen LogP contribution in [0.25, 0.3) is 0 Å². The van der Waals surface area contributed by atoms with Crippen LogP contribution >= 0.6 is 0 Å². The standard InChI is InChI=1S/C19H29N3O2/c1-3-4-5-6-9-15(2)20-19(24)21-16-10-7-11-17(14-16)22-13-8-12-18(22)23/h7,10-11,14-15H,3-6,8-9,12-13H2,1-2H3,(H2,20,21,24). The SMILES string of the molecule is CCCCCCC(C)NC(=O)Nc1cccc(N2CCCC2=O)c1. The molecule has 1 fully saturated rings. The first-order chi connectivity index (χ1) is 11.6. The molecule has 1 aromatic carbocycles. The van der Waals surface area contributed by atoms with Gasteiger partial charge < -0.3 is 15.5 Å². The fourth-order valence-corrected chi connectivity index (χ4v) is 3.01. The maximum absolute atomic E-state index is 12.1. The van der Waals surface area contributed by atoms with Crippen molar-refractivity contribution in [1.29, 1.82) is 0 Å². The minimum atomic E-state index is -0.192.